The Labute approximate surface area is 162 Å². The van der Waals surface area contributed by atoms with Crippen molar-refractivity contribution in [1.82, 2.24) is 0 Å². The SMILES string of the molecule is O=C(Nc1ccccc1N1CCCCC1)c1ccc(COCC(F)(F)F)cc1. The number of ether oxygens (including phenoxy) is 1. The van der Waals surface area contributed by atoms with Gasteiger partial charge >= 0.3 is 6.18 Å². The third-order valence-corrected chi connectivity index (χ3v) is 4.60. The first-order valence-electron chi connectivity index (χ1n) is 9.31. The molecule has 0 aromatic heterocycles. The highest BCUT2D eigenvalue weighted by Crippen LogP contribution is 2.28. The molecule has 1 N–H and O–H groups in total. The van der Waals surface area contributed by atoms with Crippen molar-refractivity contribution < 1.29 is 22.7 Å². The van der Waals surface area contributed by atoms with Gasteiger partial charge in [-0.15, -0.1) is 0 Å². The van der Waals surface area contributed by atoms with Crippen molar-refractivity contribution in [2.45, 2.75) is 32.0 Å². The van der Waals surface area contributed by atoms with E-state index in [0.717, 1.165) is 37.3 Å². The van der Waals surface area contributed by atoms with Gasteiger partial charge in [0.05, 0.1) is 18.0 Å². The van der Waals surface area contributed by atoms with E-state index in [1.165, 1.54) is 6.42 Å². The van der Waals surface area contributed by atoms with Crippen molar-refractivity contribution in [3.63, 3.8) is 0 Å². The molecule has 1 saturated heterocycles. The fraction of sp³-hybridized carbons (Fsp3) is 0.381. The summed E-state index contributed by atoms with van der Waals surface area (Å²) in [7, 11) is 0. The molecule has 0 unspecified atom stereocenters. The highest BCUT2D eigenvalue weighted by molar-refractivity contribution is 6.06. The number of benzene rings is 2. The van der Waals surface area contributed by atoms with Crippen LogP contribution in [0.15, 0.2) is 48.5 Å². The van der Waals surface area contributed by atoms with E-state index < -0.39 is 12.8 Å². The second kappa shape index (κ2) is 9.10. The van der Waals surface area contributed by atoms with Crippen LogP contribution >= 0.6 is 0 Å². The van der Waals surface area contributed by atoms with Gasteiger partial charge in [0.1, 0.15) is 6.61 Å². The van der Waals surface area contributed by atoms with Crippen LogP contribution in [0.4, 0.5) is 24.5 Å². The van der Waals surface area contributed by atoms with Crippen molar-refractivity contribution in [1.29, 1.82) is 0 Å². The molecule has 0 spiro atoms. The number of halogens is 3. The first kappa shape index (κ1) is 20.2. The molecule has 0 saturated carbocycles. The minimum Gasteiger partial charge on any atom is -0.370 e. The Morgan fingerprint density at radius 1 is 1.00 bits per heavy atom. The average Bonchev–Trinajstić information content (AvgIpc) is 2.68. The molecule has 0 bridgehead atoms. The Bertz CT molecular complexity index is 785. The van der Waals surface area contributed by atoms with Gasteiger partial charge in [0, 0.05) is 18.7 Å². The molecule has 1 aliphatic rings. The van der Waals surface area contributed by atoms with Gasteiger partial charge in [-0.1, -0.05) is 24.3 Å². The summed E-state index contributed by atoms with van der Waals surface area (Å²) < 4.78 is 41.0. The number of hydrogen-bond donors (Lipinski definition) is 1. The minimum absolute atomic E-state index is 0.154. The number of amides is 1. The van der Waals surface area contributed by atoms with Crippen molar-refractivity contribution in [3.8, 4) is 0 Å². The largest absolute Gasteiger partial charge is 0.411 e. The van der Waals surface area contributed by atoms with Gasteiger partial charge < -0.3 is 15.0 Å². The Hall–Kier alpha value is -2.54. The second-order valence-electron chi connectivity index (χ2n) is 6.82. The van der Waals surface area contributed by atoms with Crippen LogP contribution in [0.5, 0.6) is 0 Å². The fourth-order valence-electron chi connectivity index (χ4n) is 3.22. The van der Waals surface area contributed by atoms with E-state index >= 15 is 0 Å². The van der Waals surface area contributed by atoms with E-state index in [1.54, 1.807) is 24.3 Å². The molecule has 2 aromatic carbocycles. The number of alkyl halides is 3. The lowest BCUT2D eigenvalue weighted by atomic mass is 10.1. The summed E-state index contributed by atoms with van der Waals surface area (Å²) in [6.45, 7) is 0.501. The molecule has 2 aromatic rings. The third kappa shape index (κ3) is 5.73. The van der Waals surface area contributed by atoms with E-state index in [1.807, 2.05) is 24.3 Å². The van der Waals surface area contributed by atoms with Crippen molar-refractivity contribution in [2.75, 3.05) is 29.9 Å². The summed E-state index contributed by atoms with van der Waals surface area (Å²) in [5.41, 5.74) is 2.78. The Balaban J connectivity index is 1.62. The quantitative estimate of drug-likeness (QED) is 0.752. The van der Waals surface area contributed by atoms with Crippen LogP contribution in [0.1, 0.15) is 35.2 Å². The number of nitrogens with zero attached hydrogens (tertiary/aromatic N) is 1. The highest BCUT2D eigenvalue weighted by atomic mass is 19.4. The molecule has 1 amide bonds. The van der Waals surface area contributed by atoms with Gasteiger partial charge in [-0.2, -0.15) is 13.2 Å². The van der Waals surface area contributed by atoms with Crippen molar-refractivity contribution >= 4 is 17.3 Å². The zero-order valence-electron chi connectivity index (χ0n) is 15.5. The number of hydrogen-bond acceptors (Lipinski definition) is 3. The first-order chi connectivity index (χ1) is 13.4. The maximum absolute atomic E-state index is 12.6. The maximum atomic E-state index is 12.6. The highest BCUT2D eigenvalue weighted by Gasteiger charge is 2.27. The molecule has 28 heavy (non-hydrogen) atoms. The van der Waals surface area contributed by atoms with E-state index in [-0.39, 0.29) is 12.5 Å². The van der Waals surface area contributed by atoms with E-state index in [4.69, 9.17) is 0 Å². The fourth-order valence-corrected chi connectivity index (χ4v) is 3.22. The summed E-state index contributed by atoms with van der Waals surface area (Å²) in [6, 6.07) is 14.1. The summed E-state index contributed by atoms with van der Waals surface area (Å²) in [4.78, 5) is 14.9. The van der Waals surface area contributed by atoms with Crippen LogP contribution in [0.3, 0.4) is 0 Å². The molecule has 3 rings (SSSR count). The summed E-state index contributed by atoms with van der Waals surface area (Å²) in [6.07, 6.45) is -0.841. The van der Waals surface area contributed by atoms with Crippen LogP contribution in [0, 0.1) is 0 Å². The predicted molar refractivity (Wildman–Crippen MR) is 103 cm³/mol. The van der Waals surface area contributed by atoms with Crippen molar-refractivity contribution in [3.05, 3.63) is 59.7 Å². The average molecular weight is 392 g/mol. The van der Waals surface area contributed by atoms with Gasteiger partial charge in [0.25, 0.3) is 5.91 Å². The van der Waals surface area contributed by atoms with E-state index in [0.29, 0.717) is 11.1 Å². The van der Waals surface area contributed by atoms with Crippen LogP contribution in [0.25, 0.3) is 0 Å². The number of para-hydroxylation sites is 2. The molecule has 1 aliphatic heterocycles. The molecule has 1 heterocycles. The molecule has 0 aliphatic carbocycles. The first-order valence-corrected chi connectivity index (χ1v) is 9.31. The topological polar surface area (TPSA) is 41.6 Å². The predicted octanol–water partition coefficient (Wildman–Crippen LogP) is 5.01. The Morgan fingerprint density at radius 2 is 1.68 bits per heavy atom. The third-order valence-electron chi connectivity index (χ3n) is 4.60. The van der Waals surface area contributed by atoms with Gasteiger partial charge in [-0.3, -0.25) is 4.79 Å². The lowest BCUT2D eigenvalue weighted by Crippen LogP contribution is -2.30. The van der Waals surface area contributed by atoms with Crippen LogP contribution < -0.4 is 10.2 Å². The number of nitrogens with one attached hydrogen (secondary N) is 1. The van der Waals surface area contributed by atoms with Crippen molar-refractivity contribution in [2.24, 2.45) is 0 Å². The number of carbonyl (C=O) groups is 1. The van der Waals surface area contributed by atoms with E-state index in [2.05, 4.69) is 15.0 Å². The number of anilines is 2. The van der Waals surface area contributed by atoms with Crippen LogP contribution in [-0.2, 0) is 11.3 Å². The van der Waals surface area contributed by atoms with Gasteiger partial charge in [-0.05, 0) is 49.1 Å². The molecule has 0 atom stereocenters. The molecule has 1 fully saturated rings. The minimum atomic E-state index is -4.35. The molecule has 7 heteroatoms. The summed E-state index contributed by atoms with van der Waals surface area (Å²) >= 11 is 0. The zero-order valence-corrected chi connectivity index (χ0v) is 15.5. The van der Waals surface area contributed by atoms with Crippen LogP contribution in [-0.4, -0.2) is 31.8 Å². The Morgan fingerprint density at radius 3 is 2.36 bits per heavy atom. The van der Waals surface area contributed by atoms with Gasteiger partial charge in [0.15, 0.2) is 0 Å². The zero-order chi connectivity index (χ0) is 20.0. The van der Waals surface area contributed by atoms with Gasteiger partial charge in [0.2, 0.25) is 0 Å². The maximum Gasteiger partial charge on any atom is 0.411 e. The standard InChI is InChI=1S/C21H23F3N2O2/c22-21(23,24)15-28-14-16-8-10-17(11-9-16)20(27)25-18-6-2-3-7-19(18)26-12-4-1-5-13-26/h2-3,6-11H,1,4-5,12-15H2,(H,25,27). The van der Waals surface area contributed by atoms with Gasteiger partial charge in [-0.25, -0.2) is 0 Å². The molecule has 4 nitrogen and oxygen atoms in total. The molecule has 150 valence electrons. The normalized spacial score (nSPS) is 14.8. The van der Waals surface area contributed by atoms with E-state index in [9.17, 15) is 18.0 Å². The second-order valence-corrected chi connectivity index (χ2v) is 6.82. The Kier molecular flexibility index (Phi) is 6.57. The molecular weight excluding hydrogens is 369 g/mol. The number of carbonyl (C=O) groups excluding carboxylic acids is 1. The molecule has 0 radical (unpaired) electrons. The lowest BCUT2D eigenvalue weighted by molar-refractivity contribution is -0.176. The lowest BCUT2D eigenvalue weighted by Gasteiger charge is -2.30. The smallest absolute Gasteiger partial charge is 0.370 e. The summed E-state index contributed by atoms with van der Waals surface area (Å²) in [5, 5.41) is 2.95. The monoisotopic (exact) mass is 392 g/mol. The number of piperidine rings is 1. The van der Waals surface area contributed by atoms with Crippen LogP contribution in [0.2, 0.25) is 0 Å². The molecular formula is C21H23F3N2O2. The number of rotatable bonds is 6. The summed E-state index contributed by atoms with van der Waals surface area (Å²) in [5.74, 6) is -0.257.